The van der Waals surface area contributed by atoms with Crippen molar-refractivity contribution in [3.05, 3.63) is 59.4 Å². The Bertz CT molecular complexity index is 480. The molecule has 0 radical (unpaired) electrons. The van der Waals surface area contributed by atoms with Crippen molar-refractivity contribution in [2.75, 3.05) is 0 Å². The highest BCUT2D eigenvalue weighted by Gasteiger charge is 1.99. The van der Waals surface area contributed by atoms with Gasteiger partial charge in [-0.1, -0.05) is 29.8 Å². The fourth-order valence-electron chi connectivity index (χ4n) is 1.59. The van der Waals surface area contributed by atoms with Gasteiger partial charge in [-0.25, -0.2) is 0 Å². The molecule has 1 aromatic carbocycles. The summed E-state index contributed by atoms with van der Waals surface area (Å²) in [4.78, 5) is 4.18. The summed E-state index contributed by atoms with van der Waals surface area (Å²) < 4.78 is 5.72. The largest absolute Gasteiger partial charge is 0.487 e. The minimum Gasteiger partial charge on any atom is -0.487 e. The van der Waals surface area contributed by atoms with Gasteiger partial charge in [0.1, 0.15) is 12.4 Å². The lowest BCUT2D eigenvalue weighted by Gasteiger charge is -2.08. The van der Waals surface area contributed by atoms with Crippen LogP contribution in [0.3, 0.4) is 0 Å². The second kappa shape index (κ2) is 4.79. The quantitative estimate of drug-likeness (QED) is 0.780. The van der Waals surface area contributed by atoms with Crippen LogP contribution in [-0.4, -0.2) is 4.98 Å². The molecule has 0 aliphatic carbocycles. The van der Waals surface area contributed by atoms with Gasteiger partial charge in [0.25, 0.3) is 0 Å². The Hall–Kier alpha value is -1.83. The highest BCUT2D eigenvalue weighted by Crippen LogP contribution is 2.15. The average molecular weight is 213 g/mol. The first-order chi connectivity index (χ1) is 7.75. The van der Waals surface area contributed by atoms with E-state index in [2.05, 4.69) is 30.1 Å². The summed E-state index contributed by atoms with van der Waals surface area (Å²) in [7, 11) is 0. The minimum atomic E-state index is 0.591. The van der Waals surface area contributed by atoms with Crippen molar-refractivity contribution >= 4 is 0 Å². The van der Waals surface area contributed by atoms with Crippen molar-refractivity contribution < 1.29 is 4.74 Å². The second-order valence-electron chi connectivity index (χ2n) is 3.86. The molecular formula is C14H15NO. The van der Waals surface area contributed by atoms with E-state index in [9.17, 15) is 0 Å². The third kappa shape index (κ3) is 2.60. The maximum atomic E-state index is 5.72. The minimum absolute atomic E-state index is 0.591. The molecule has 2 nitrogen and oxygen atoms in total. The number of hydrogen-bond acceptors (Lipinski definition) is 2. The topological polar surface area (TPSA) is 22.1 Å². The van der Waals surface area contributed by atoms with Crippen LogP contribution in [0.25, 0.3) is 0 Å². The molecule has 0 aliphatic rings. The van der Waals surface area contributed by atoms with Gasteiger partial charge in [-0.3, -0.25) is 4.98 Å². The number of nitrogens with zero attached hydrogens (tertiary/aromatic N) is 1. The van der Waals surface area contributed by atoms with E-state index >= 15 is 0 Å². The van der Waals surface area contributed by atoms with E-state index in [0.717, 1.165) is 11.4 Å². The van der Waals surface area contributed by atoms with Gasteiger partial charge in [0.15, 0.2) is 0 Å². The lowest BCUT2D eigenvalue weighted by molar-refractivity contribution is 0.302. The normalized spacial score (nSPS) is 10.1. The molecule has 0 unspecified atom stereocenters. The Morgan fingerprint density at radius 1 is 1.12 bits per heavy atom. The predicted molar refractivity (Wildman–Crippen MR) is 64.5 cm³/mol. The number of hydrogen-bond donors (Lipinski definition) is 0. The van der Waals surface area contributed by atoms with Gasteiger partial charge in [0.05, 0.1) is 5.69 Å². The molecule has 2 rings (SSSR count). The van der Waals surface area contributed by atoms with Crippen LogP contribution in [0.4, 0.5) is 0 Å². The molecule has 0 bridgehead atoms. The predicted octanol–water partition coefficient (Wildman–Crippen LogP) is 3.28. The van der Waals surface area contributed by atoms with E-state index in [4.69, 9.17) is 4.74 Å². The molecule has 1 heterocycles. The molecule has 2 heteroatoms. The summed E-state index contributed by atoms with van der Waals surface area (Å²) in [6, 6.07) is 12.2. The zero-order chi connectivity index (χ0) is 11.4. The van der Waals surface area contributed by atoms with Gasteiger partial charge in [0.2, 0.25) is 0 Å². The standard InChI is InChI=1S/C14H15NO/c1-11-5-3-6-13(9-11)10-16-14-7-4-8-15-12(14)2/h3-9H,10H2,1-2H3. The SMILES string of the molecule is Cc1cccc(COc2cccnc2C)c1. The number of aryl methyl sites for hydroxylation is 2. The number of pyridine rings is 1. The molecule has 1 aromatic heterocycles. The third-order valence-corrected chi connectivity index (χ3v) is 2.44. The van der Waals surface area contributed by atoms with E-state index in [0.29, 0.717) is 6.61 Å². The number of rotatable bonds is 3. The zero-order valence-electron chi connectivity index (χ0n) is 9.60. The summed E-state index contributed by atoms with van der Waals surface area (Å²) in [5.41, 5.74) is 3.36. The molecule has 0 aliphatic heterocycles. The van der Waals surface area contributed by atoms with Gasteiger partial charge in [0, 0.05) is 6.20 Å². The molecular weight excluding hydrogens is 198 g/mol. The molecule has 16 heavy (non-hydrogen) atoms. The van der Waals surface area contributed by atoms with Crippen molar-refractivity contribution in [2.24, 2.45) is 0 Å². The second-order valence-corrected chi connectivity index (χ2v) is 3.86. The fourth-order valence-corrected chi connectivity index (χ4v) is 1.59. The fraction of sp³-hybridized carbons (Fsp3) is 0.214. The van der Waals surface area contributed by atoms with E-state index in [-0.39, 0.29) is 0 Å². The Labute approximate surface area is 95.9 Å². The summed E-state index contributed by atoms with van der Waals surface area (Å²) in [5, 5.41) is 0. The van der Waals surface area contributed by atoms with Gasteiger partial charge >= 0.3 is 0 Å². The van der Waals surface area contributed by atoms with Gasteiger partial charge < -0.3 is 4.74 Å². The van der Waals surface area contributed by atoms with Crippen molar-refractivity contribution in [3.8, 4) is 5.75 Å². The lowest BCUT2D eigenvalue weighted by Crippen LogP contribution is -1.98. The van der Waals surface area contributed by atoms with Crippen LogP contribution in [0, 0.1) is 13.8 Å². The molecule has 0 spiro atoms. The Kier molecular flexibility index (Phi) is 3.20. The molecule has 0 N–H and O–H groups in total. The first-order valence-electron chi connectivity index (χ1n) is 5.35. The highest BCUT2D eigenvalue weighted by molar-refractivity contribution is 5.27. The van der Waals surface area contributed by atoms with E-state index in [1.807, 2.05) is 25.1 Å². The monoisotopic (exact) mass is 213 g/mol. The van der Waals surface area contributed by atoms with Crippen LogP contribution in [-0.2, 0) is 6.61 Å². The highest BCUT2D eigenvalue weighted by atomic mass is 16.5. The maximum Gasteiger partial charge on any atom is 0.141 e. The van der Waals surface area contributed by atoms with Crippen LogP contribution in [0.5, 0.6) is 5.75 Å². The zero-order valence-corrected chi connectivity index (χ0v) is 9.60. The van der Waals surface area contributed by atoms with Crippen LogP contribution in [0.1, 0.15) is 16.8 Å². The van der Waals surface area contributed by atoms with Gasteiger partial charge in [-0.2, -0.15) is 0 Å². The Morgan fingerprint density at radius 2 is 2.00 bits per heavy atom. The number of aromatic nitrogens is 1. The first kappa shape index (κ1) is 10.7. The van der Waals surface area contributed by atoms with Crippen molar-refractivity contribution in [3.63, 3.8) is 0 Å². The van der Waals surface area contributed by atoms with Crippen molar-refractivity contribution in [2.45, 2.75) is 20.5 Å². The summed E-state index contributed by atoms with van der Waals surface area (Å²) in [5.74, 6) is 0.851. The van der Waals surface area contributed by atoms with Crippen molar-refractivity contribution in [1.82, 2.24) is 4.98 Å². The van der Waals surface area contributed by atoms with Crippen LogP contribution < -0.4 is 4.74 Å². The Morgan fingerprint density at radius 3 is 2.75 bits per heavy atom. The molecule has 0 saturated heterocycles. The molecule has 0 fully saturated rings. The molecule has 0 amide bonds. The third-order valence-electron chi connectivity index (χ3n) is 2.44. The molecule has 0 atom stereocenters. The van der Waals surface area contributed by atoms with Gasteiger partial charge in [-0.05, 0) is 31.5 Å². The molecule has 0 saturated carbocycles. The lowest BCUT2D eigenvalue weighted by atomic mass is 10.1. The van der Waals surface area contributed by atoms with E-state index in [1.165, 1.54) is 11.1 Å². The summed E-state index contributed by atoms with van der Waals surface area (Å²) >= 11 is 0. The van der Waals surface area contributed by atoms with Crippen LogP contribution >= 0.6 is 0 Å². The van der Waals surface area contributed by atoms with Crippen LogP contribution in [0.15, 0.2) is 42.6 Å². The molecule has 2 aromatic rings. The van der Waals surface area contributed by atoms with E-state index in [1.54, 1.807) is 6.20 Å². The summed E-state index contributed by atoms with van der Waals surface area (Å²) in [6.07, 6.45) is 1.77. The smallest absolute Gasteiger partial charge is 0.141 e. The maximum absolute atomic E-state index is 5.72. The Balaban J connectivity index is 2.05. The van der Waals surface area contributed by atoms with Gasteiger partial charge in [-0.15, -0.1) is 0 Å². The number of benzene rings is 1. The summed E-state index contributed by atoms with van der Waals surface area (Å²) in [6.45, 7) is 4.62. The van der Waals surface area contributed by atoms with Crippen LogP contribution in [0.2, 0.25) is 0 Å². The molecule has 82 valence electrons. The first-order valence-corrected chi connectivity index (χ1v) is 5.35. The number of ether oxygens (including phenoxy) is 1. The van der Waals surface area contributed by atoms with E-state index < -0.39 is 0 Å². The average Bonchev–Trinajstić information content (AvgIpc) is 2.28. The van der Waals surface area contributed by atoms with Crippen molar-refractivity contribution in [1.29, 1.82) is 0 Å².